The molecule has 7 heteroatoms. The molecule has 6 nitrogen and oxygen atoms in total. The number of hydrogen-bond acceptors (Lipinski definition) is 4. The van der Waals surface area contributed by atoms with Crippen LogP contribution in [0.4, 0.5) is 4.79 Å². The minimum atomic E-state index is -4.24. The van der Waals surface area contributed by atoms with Crippen molar-refractivity contribution in [1.29, 1.82) is 0 Å². The first-order valence-corrected chi connectivity index (χ1v) is 3.40. The average Bonchev–Trinajstić information content (AvgIpc) is 1.59. The Morgan fingerprint density at radius 1 is 1.67 bits per heavy atom. The molecule has 9 heavy (non-hydrogen) atoms. The number of amides is 1. The zero-order chi connectivity index (χ0) is 7.49. The summed E-state index contributed by atoms with van der Waals surface area (Å²) in [6, 6.07) is 0. The van der Waals surface area contributed by atoms with E-state index in [0.29, 0.717) is 0 Å². The van der Waals surface area contributed by atoms with Crippen LogP contribution in [0.3, 0.4) is 0 Å². The van der Waals surface area contributed by atoms with E-state index in [9.17, 15) is 13.2 Å². The van der Waals surface area contributed by atoms with E-state index in [1.54, 1.807) is 0 Å². The van der Waals surface area contributed by atoms with Gasteiger partial charge in [-0.2, -0.15) is 8.42 Å². The molecule has 0 rings (SSSR count). The molecule has 0 aliphatic rings. The third-order valence-electron chi connectivity index (χ3n) is 0.350. The van der Waals surface area contributed by atoms with Crippen LogP contribution in [-0.4, -0.2) is 25.0 Å². The van der Waals surface area contributed by atoms with Crippen molar-refractivity contribution in [3.8, 4) is 0 Å². The lowest BCUT2D eigenvalue weighted by atomic mass is 11.2. The highest BCUT2D eigenvalue weighted by Crippen LogP contribution is 1.82. The van der Waals surface area contributed by atoms with Gasteiger partial charge in [-0.1, -0.05) is 0 Å². The molecule has 0 heterocycles. The number of nitrogens with two attached hydrogens (primary N) is 1. The number of carbonyl (C=O) groups excluding carboxylic acids is 1. The second-order valence-corrected chi connectivity index (χ2v) is 2.56. The van der Waals surface area contributed by atoms with E-state index in [1.165, 1.54) is 0 Å². The van der Waals surface area contributed by atoms with Crippen molar-refractivity contribution in [3.63, 3.8) is 0 Å². The molecular formula is C2H5NO5S. The van der Waals surface area contributed by atoms with Crippen LogP contribution >= 0.6 is 0 Å². The van der Waals surface area contributed by atoms with Gasteiger partial charge in [-0.3, -0.25) is 4.55 Å². The normalized spacial score (nSPS) is 10.8. The van der Waals surface area contributed by atoms with E-state index in [2.05, 4.69) is 10.5 Å². The molecule has 0 bridgehead atoms. The Balaban J connectivity index is 3.67. The van der Waals surface area contributed by atoms with Crippen LogP contribution in [-0.2, 0) is 14.9 Å². The van der Waals surface area contributed by atoms with Gasteiger partial charge in [0.25, 0.3) is 0 Å². The van der Waals surface area contributed by atoms with Crippen molar-refractivity contribution >= 4 is 16.2 Å². The van der Waals surface area contributed by atoms with Crippen LogP contribution in [0.25, 0.3) is 0 Å². The molecule has 1 amide bonds. The van der Waals surface area contributed by atoms with Gasteiger partial charge >= 0.3 is 16.2 Å². The zero-order valence-corrected chi connectivity index (χ0v) is 5.09. The van der Waals surface area contributed by atoms with Crippen molar-refractivity contribution < 1.29 is 22.5 Å². The Kier molecular flexibility index (Phi) is 2.41. The smallest absolute Gasteiger partial charge is 0.405 e. The summed E-state index contributed by atoms with van der Waals surface area (Å²) in [5.41, 5.74) is 4.36. The maximum absolute atomic E-state index is 9.76. The summed E-state index contributed by atoms with van der Waals surface area (Å²) in [7, 11) is -4.24. The summed E-state index contributed by atoms with van der Waals surface area (Å²) >= 11 is 0. The standard InChI is InChI=1S/C2H5NO5S/c3-2(4)8-1-9(5,6)7/h1H2,(H2,3,4)(H,5,6,7). The van der Waals surface area contributed by atoms with E-state index in [4.69, 9.17) is 4.55 Å². The van der Waals surface area contributed by atoms with E-state index >= 15 is 0 Å². The van der Waals surface area contributed by atoms with Gasteiger partial charge in [0.2, 0.25) is 5.94 Å². The summed E-state index contributed by atoms with van der Waals surface area (Å²) < 4.78 is 31.1. The largest absolute Gasteiger partial charge is 0.431 e. The predicted octanol–water partition coefficient (Wildman–Crippen LogP) is -1.07. The van der Waals surface area contributed by atoms with Gasteiger partial charge in [-0.05, 0) is 0 Å². The summed E-state index contributed by atoms with van der Waals surface area (Å²) in [5, 5.41) is 0. The molecule has 0 aromatic carbocycles. The van der Waals surface area contributed by atoms with Crippen LogP contribution in [0.1, 0.15) is 0 Å². The fourth-order valence-electron chi connectivity index (χ4n) is 0.133. The molecule has 0 saturated heterocycles. The van der Waals surface area contributed by atoms with Crippen molar-refractivity contribution in [3.05, 3.63) is 0 Å². The van der Waals surface area contributed by atoms with Crippen molar-refractivity contribution in [2.45, 2.75) is 0 Å². The Hall–Kier alpha value is -0.820. The predicted molar refractivity (Wildman–Crippen MR) is 27.1 cm³/mol. The molecule has 0 unspecified atom stereocenters. The number of primary amides is 1. The first-order chi connectivity index (χ1) is 3.92. The van der Waals surface area contributed by atoms with Crippen molar-refractivity contribution in [1.82, 2.24) is 0 Å². The molecule has 0 atom stereocenters. The maximum Gasteiger partial charge on any atom is 0.405 e. The second-order valence-electron chi connectivity index (χ2n) is 1.16. The molecule has 0 aromatic rings. The average molecular weight is 155 g/mol. The third kappa shape index (κ3) is 7.18. The van der Waals surface area contributed by atoms with Gasteiger partial charge in [0.15, 0.2) is 0 Å². The Labute approximate surface area is 51.3 Å². The summed E-state index contributed by atoms with van der Waals surface area (Å²) in [6.07, 6.45) is -1.24. The molecule has 0 aliphatic heterocycles. The van der Waals surface area contributed by atoms with Crippen LogP contribution in [0.2, 0.25) is 0 Å². The van der Waals surface area contributed by atoms with Gasteiger partial charge in [-0.25, -0.2) is 4.79 Å². The van der Waals surface area contributed by atoms with E-state index in [0.717, 1.165) is 0 Å². The van der Waals surface area contributed by atoms with Crippen LogP contribution < -0.4 is 5.73 Å². The molecule has 0 aliphatic carbocycles. The lowest BCUT2D eigenvalue weighted by Gasteiger charge is -1.94. The molecule has 0 fully saturated rings. The van der Waals surface area contributed by atoms with Gasteiger partial charge < -0.3 is 10.5 Å². The first-order valence-electron chi connectivity index (χ1n) is 1.79. The van der Waals surface area contributed by atoms with Gasteiger partial charge in [0, 0.05) is 0 Å². The highest BCUT2D eigenvalue weighted by molar-refractivity contribution is 7.85. The molecule has 0 spiro atoms. The highest BCUT2D eigenvalue weighted by atomic mass is 32.2. The summed E-state index contributed by atoms with van der Waals surface area (Å²) in [4.78, 5) is 9.67. The molecule has 0 aromatic heterocycles. The Morgan fingerprint density at radius 3 is 2.22 bits per heavy atom. The molecule has 54 valence electrons. The van der Waals surface area contributed by atoms with Crippen LogP contribution in [0, 0.1) is 0 Å². The number of rotatable bonds is 2. The fourth-order valence-corrected chi connectivity index (χ4v) is 0.398. The summed E-state index contributed by atoms with van der Waals surface area (Å²) in [5.74, 6) is -1.09. The second kappa shape index (κ2) is 2.65. The highest BCUT2D eigenvalue weighted by Gasteiger charge is 2.05. The van der Waals surface area contributed by atoms with E-state index < -0.39 is 22.2 Å². The van der Waals surface area contributed by atoms with Crippen molar-refractivity contribution in [2.75, 3.05) is 5.94 Å². The SMILES string of the molecule is NC(=O)OCS(=O)(=O)O. The topological polar surface area (TPSA) is 107 Å². The number of hydrogen-bond donors (Lipinski definition) is 2. The lowest BCUT2D eigenvalue weighted by molar-refractivity contribution is 0.172. The van der Waals surface area contributed by atoms with E-state index in [1.807, 2.05) is 0 Å². The quantitative estimate of drug-likeness (QED) is 0.493. The van der Waals surface area contributed by atoms with Gasteiger partial charge in [0.1, 0.15) is 0 Å². The van der Waals surface area contributed by atoms with Gasteiger partial charge in [-0.15, -0.1) is 0 Å². The minimum Gasteiger partial charge on any atom is -0.431 e. The fraction of sp³-hybridized carbons (Fsp3) is 0.500. The molecular weight excluding hydrogens is 150 g/mol. The van der Waals surface area contributed by atoms with Crippen molar-refractivity contribution in [2.24, 2.45) is 5.73 Å². The molecule has 0 radical (unpaired) electrons. The monoisotopic (exact) mass is 155 g/mol. The third-order valence-corrected chi connectivity index (χ3v) is 0.766. The number of carbonyl (C=O) groups is 1. The Bertz CT molecular complexity index is 193. The zero-order valence-electron chi connectivity index (χ0n) is 4.27. The maximum atomic E-state index is 9.76. The van der Waals surface area contributed by atoms with Crippen LogP contribution in [0.15, 0.2) is 0 Å². The Morgan fingerprint density at radius 2 is 2.11 bits per heavy atom. The lowest BCUT2D eigenvalue weighted by Crippen LogP contribution is -2.18. The van der Waals surface area contributed by atoms with E-state index in [-0.39, 0.29) is 0 Å². The minimum absolute atomic E-state index is 1.09. The summed E-state index contributed by atoms with van der Waals surface area (Å²) in [6.45, 7) is 0. The molecule has 3 N–H and O–H groups in total. The molecule has 0 saturated carbocycles. The first kappa shape index (κ1) is 8.18. The number of ether oxygens (including phenoxy) is 1. The van der Waals surface area contributed by atoms with Gasteiger partial charge in [0.05, 0.1) is 0 Å². The van der Waals surface area contributed by atoms with Crippen LogP contribution in [0.5, 0.6) is 0 Å².